The van der Waals surface area contributed by atoms with E-state index < -0.39 is 22.1 Å². The van der Waals surface area contributed by atoms with Crippen LogP contribution in [0.2, 0.25) is 0 Å². The lowest BCUT2D eigenvalue weighted by molar-refractivity contribution is -0.183. The first-order valence-corrected chi connectivity index (χ1v) is 10.9. The zero-order chi connectivity index (χ0) is 19.2. The van der Waals surface area contributed by atoms with Gasteiger partial charge in [0, 0.05) is 26.2 Å². The quantitative estimate of drug-likeness (QED) is 0.271. The van der Waals surface area contributed by atoms with E-state index in [1.54, 1.807) is 0 Å². The van der Waals surface area contributed by atoms with Crippen molar-refractivity contribution in [2.75, 3.05) is 25.9 Å². The number of hydrogen-bond acceptors (Lipinski definition) is 3. The largest absolute Gasteiger partial charge is 0.391 e. The van der Waals surface area contributed by atoms with Crippen molar-refractivity contribution in [1.82, 2.24) is 15.4 Å². The molecule has 0 aliphatic heterocycles. The monoisotopic (exact) mass is 526 g/mol. The SMILES string of the molecule is CN=C(NCCS(=O)(=O)NCC1CCC1)NC1CCCC(C(F)(F)F)C1.I. The van der Waals surface area contributed by atoms with Crippen LogP contribution in [0.3, 0.4) is 0 Å². The summed E-state index contributed by atoms with van der Waals surface area (Å²) in [6.07, 6.45) is 0.468. The lowest BCUT2D eigenvalue weighted by Crippen LogP contribution is -2.48. The Balaban J connectivity index is 0.00000364. The molecule has 2 saturated carbocycles. The Hall–Kier alpha value is -0.300. The molecular formula is C16H30F3IN4O2S. The summed E-state index contributed by atoms with van der Waals surface area (Å²) in [6.45, 7) is 0.630. The minimum atomic E-state index is -4.17. The third kappa shape index (κ3) is 8.71. The molecule has 2 rings (SSSR count). The van der Waals surface area contributed by atoms with E-state index in [2.05, 4.69) is 20.3 Å². The van der Waals surface area contributed by atoms with Crippen LogP contribution in [-0.2, 0) is 10.0 Å². The molecule has 0 spiro atoms. The number of nitrogens with zero attached hydrogens (tertiary/aromatic N) is 1. The first-order chi connectivity index (χ1) is 12.2. The van der Waals surface area contributed by atoms with E-state index in [-0.39, 0.29) is 55.2 Å². The van der Waals surface area contributed by atoms with Crippen LogP contribution in [0, 0.1) is 11.8 Å². The molecule has 2 aliphatic rings. The Labute approximate surface area is 176 Å². The smallest absolute Gasteiger partial charge is 0.355 e. The molecule has 2 unspecified atom stereocenters. The van der Waals surface area contributed by atoms with E-state index in [0.29, 0.717) is 31.3 Å². The van der Waals surface area contributed by atoms with Crippen molar-refractivity contribution < 1.29 is 21.6 Å². The zero-order valence-corrected chi connectivity index (χ0v) is 18.7. The second-order valence-electron chi connectivity index (χ2n) is 7.21. The van der Waals surface area contributed by atoms with Crippen LogP contribution in [-0.4, -0.2) is 52.5 Å². The van der Waals surface area contributed by atoms with E-state index >= 15 is 0 Å². The Morgan fingerprint density at radius 2 is 1.81 bits per heavy atom. The molecule has 0 radical (unpaired) electrons. The van der Waals surface area contributed by atoms with Gasteiger partial charge < -0.3 is 10.6 Å². The van der Waals surface area contributed by atoms with Crippen LogP contribution < -0.4 is 15.4 Å². The summed E-state index contributed by atoms with van der Waals surface area (Å²) in [5, 5.41) is 5.87. The summed E-state index contributed by atoms with van der Waals surface area (Å²) >= 11 is 0. The minimum absolute atomic E-state index is 0. The molecule has 0 heterocycles. The van der Waals surface area contributed by atoms with Crippen molar-refractivity contribution in [1.29, 1.82) is 0 Å². The number of guanidine groups is 1. The predicted molar refractivity (Wildman–Crippen MR) is 111 cm³/mol. The molecule has 0 bridgehead atoms. The predicted octanol–water partition coefficient (Wildman–Crippen LogP) is 2.61. The van der Waals surface area contributed by atoms with Crippen LogP contribution in [0.1, 0.15) is 44.9 Å². The van der Waals surface area contributed by atoms with E-state index in [1.807, 2.05) is 0 Å². The molecule has 0 aromatic rings. The number of rotatable bonds is 7. The van der Waals surface area contributed by atoms with Gasteiger partial charge in [-0.1, -0.05) is 12.8 Å². The van der Waals surface area contributed by atoms with Crippen LogP contribution in [0.5, 0.6) is 0 Å². The van der Waals surface area contributed by atoms with Crippen molar-refractivity contribution in [2.24, 2.45) is 16.8 Å². The fourth-order valence-electron chi connectivity index (χ4n) is 3.32. The Kier molecular flexibility index (Phi) is 10.1. The fraction of sp³-hybridized carbons (Fsp3) is 0.938. The van der Waals surface area contributed by atoms with Gasteiger partial charge in [-0.15, -0.1) is 24.0 Å². The highest BCUT2D eigenvalue weighted by atomic mass is 127. The van der Waals surface area contributed by atoms with Gasteiger partial charge in [0.2, 0.25) is 10.0 Å². The summed E-state index contributed by atoms with van der Waals surface area (Å²) in [7, 11) is -1.85. The van der Waals surface area contributed by atoms with E-state index in [0.717, 1.165) is 19.3 Å². The van der Waals surface area contributed by atoms with E-state index in [1.165, 1.54) is 7.05 Å². The van der Waals surface area contributed by atoms with Gasteiger partial charge in [0.25, 0.3) is 0 Å². The average Bonchev–Trinajstić information content (AvgIpc) is 2.51. The number of halogens is 4. The second-order valence-corrected chi connectivity index (χ2v) is 9.14. The maximum absolute atomic E-state index is 12.9. The minimum Gasteiger partial charge on any atom is -0.355 e. The maximum Gasteiger partial charge on any atom is 0.391 e. The third-order valence-electron chi connectivity index (χ3n) is 5.18. The van der Waals surface area contributed by atoms with Gasteiger partial charge in [0.1, 0.15) is 0 Å². The van der Waals surface area contributed by atoms with Crippen molar-refractivity contribution in [3.8, 4) is 0 Å². The highest BCUT2D eigenvalue weighted by Gasteiger charge is 2.42. The lowest BCUT2D eigenvalue weighted by atomic mass is 9.85. The number of alkyl halides is 3. The van der Waals surface area contributed by atoms with Gasteiger partial charge in [0.05, 0.1) is 11.7 Å². The van der Waals surface area contributed by atoms with E-state index in [4.69, 9.17) is 0 Å². The fourth-order valence-corrected chi connectivity index (χ4v) is 4.33. The Bertz CT molecular complexity index is 583. The molecule has 160 valence electrons. The molecule has 3 N–H and O–H groups in total. The number of nitrogens with one attached hydrogen (secondary N) is 3. The van der Waals surface area contributed by atoms with Crippen molar-refractivity contribution in [2.45, 2.75) is 57.2 Å². The average molecular weight is 526 g/mol. The van der Waals surface area contributed by atoms with Gasteiger partial charge in [-0.3, -0.25) is 4.99 Å². The molecule has 0 aromatic carbocycles. The second kappa shape index (κ2) is 11.0. The Morgan fingerprint density at radius 1 is 1.15 bits per heavy atom. The molecule has 0 aromatic heterocycles. The van der Waals surface area contributed by atoms with Gasteiger partial charge >= 0.3 is 6.18 Å². The zero-order valence-electron chi connectivity index (χ0n) is 15.5. The van der Waals surface area contributed by atoms with Gasteiger partial charge in [-0.2, -0.15) is 13.2 Å². The molecule has 11 heteroatoms. The van der Waals surface area contributed by atoms with Crippen molar-refractivity contribution in [3.63, 3.8) is 0 Å². The summed E-state index contributed by atoms with van der Waals surface area (Å²) < 4.78 is 65.1. The molecule has 0 saturated heterocycles. The van der Waals surface area contributed by atoms with Crippen LogP contribution in [0.4, 0.5) is 13.2 Å². The Morgan fingerprint density at radius 3 is 2.37 bits per heavy atom. The number of hydrogen-bond donors (Lipinski definition) is 3. The van der Waals surface area contributed by atoms with E-state index in [9.17, 15) is 21.6 Å². The molecule has 2 atom stereocenters. The first-order valence-electron chi connectivity index (χ1n) is 9.21. The van der Waals surface area contributed by atoms with Crippen LogP contribution >= 0.6 is 24.0 Å². The molecular weight excluding hydrogens is 496 g/mol. The molecule has 6 nitrogen and oxygen atoms in total. The lowest BCUT2D eigenvalue weighted by Gasteiger charge is -2.31. The van der Waals surface area contributed by atoms with Gasteiger partial charge in [0.15, 0.2) is 5.96 Å². The van der Waals surface area contributed by atoms with Crippen LogP contribution in [0.15, 0.2) is 4.99 Å². The third-order valence-corrected chi connectivity index (χ3v) is 6.53. The summed E-state index contributed by atoms with van der Waals surface area (Å²) in [4.78, 5) is 3.98. The molecule has 27 heavy (non-hydrogen) atoms. The van der Waals surface area contributed by atoms with Crippen molar-refractivity contribution in [3.05, 3.63) is 0 Å². The molecule has 2 aliphatic carbocycles. The van der Waals surface area contributed by atoms with Gasteiger partial charge in [-0.25, -0.2) is 13.1 Å². The summed E-state index contributed by atoms with van der Waals surface area (Å²) in [6, 6.07) is -0.310. The standard InChI is InChI=1S/C16H29F3N4O2S.HI/c1-20-15(23-14-7-3-6-13(10-14)16(17,18)19)21-8-9-26(24,25)22-11-12-4-2-5-12;/h12-14,22H,2-11H2,1H3,(H2,20,21,23);1H. The molecule has 0 amide bonds. The van der Waals surface area contributed by atoms with Crippen LogP contribution in [0.25, 0.3) is 0 Å². The normalized spacial score (nSPS) is 24.7. The number of sulfonamides is 1. The maximum atomic E-state index is 12.9. The van der Waals surface area contributed by atoms with Crippen molar-refractivity contribution >= 4 is 40.0 Å². The number of aliphatic imine (C=N–C) groups is 1. The molecule has 2 fully saturated rings. The first kappa shape index (κ1) is 24.7. The van der Waals surface area contributed by atoms with Gasteiger partial charge in [-0.05, 0) is 38.0 Å². The summed E-state index contributed by atoms with van der Waals surface area (Å²) in [5.41, 5.74) is 0. The summed E-state index contributed by atoms with van der Waals surface area (Å²) in [5.74, 6) is -0.606. The highest BCUT2D eigenvalue weighted by Crippen LogP contribution is 2.37. The topological polar surface area (TPSA) is 82.6 Å². The highest BCUT2D eigenvalue weighted by molar-refractivity contribution is 14.0.